The SMILES string of the molecule is CC1OCCC1(O)CNC(=O)Cc1ccc(Cl)cc1Cl. The number of carbonyl (C=O) groups is 1. The first kappa shape index (κ1) is 15.6. The normalized spacial score (nSPS) is 25.7. The number of benzene rings is 1. The Morgan fingerprint density at radius 2 is 2.30 bits per heavy atom. The fourth-order valence-electron chi connectivity index (χ4n) is 2.16. The zero-order valence-electron chi connectivity index (χ0n) is 11.2. The topological polar surface area (TPSA) is 58.6 Å². The van der Waals surface area contributed by atoms with Crippen molar-refractivity contribution < 1.29 is 14.6 Å². The first-order valence-corrected chi connectivity index (χ1v) is 7.21. The number of ether oxygens (including phenoxy) is 1. The molecule has 1 fully saturated rings. The van der Waals surface area contributed by atoms with E-state index in [2.05, 4.69) is 5.32 Å². The van der Waals surface area contributed by atoms with Crippen LogP contribution in [0.4, 0.5) is 0 Å². The lowest BCUT2D eigenvalue weighted by molar-refractivity contribution is -0.122. The largest absolute Gasteiger partial charge is 0.385 e. The van der Waals surface area contributed by atoms with Crippen LogP contribution >= 0.6 is 23.2 Å². The van der Waals surface area contributed by atoms with E-state index >= 15 is 0 Å². The van der Waals surface area contributed by atoms with Gasteiger partial charge in [-0.2, -0.15) is 0 Å². The molecule has 0 aromatic heterocycles. The lowest BCUT2D eigenvalue weighted by Gasteiger charge is -2.26. The van der Waals surface area contributed by atoms with Crippen molar-refractivity contribution >= 4 is 29.1 Å². The summed E-state index contributed by atoms with van der Waals surface area (Å²) in [5.74, 6) is -0.193. The predicted molar refractivity (Wildman–Crippen MR) is 78.2 cm³/mol. The van der Waals surface area contributed by atoms with Crippen LogP contribution in [0.2, 0.25) is 10.0 Å². The van der Waals surface area contributed by atoms with Gasteiger partial charge in [-0.15, -0.1) is 0 Å². The maximum Gasteiger partial charge on any atom is 0.224 e. The van der Waals surface area contributed by atoms with E-state index in [9.17, 15) is 9.90 Å². The number of halogens is 2. The van der Waals surface area contributed by atoms with Crippen molar-refractivity contribution in [2.75, 3.05) is 13.2 Å². The van der Waals surface area contributed by atoms with E-state index in [1.54, 1.807) is 25.1 Å². The zero-order chi connectivity index (χ0) is 14.8. The molecule has 1 aromatic rings. The van der Waals surface area contributed by atoms with Crippen LogP contribution in [0, 0.1) is 0 Å². The summed E-state index contributed by atoms with van der Waals surface area (Å²) in [6, 6.07) is 5.02. The van der Waals surface area contributed by atoms with Gasteiger partial charge in [0.25, 0.3) is 0 Å². The Labute approximate surface area is 128 Å². The van der Waals surface area contributed by atoms with Gasteiger partial charge in [0.2, 0.25) is 5.91 Å². The summed E-state index contributed by atoms with van der Waals surface area (Å²) >= 11 is 11.8. The van der Waals surface area contributed by atoms with Gasteiger partial charge in [0.05, 0.1) is 12.5 Å². The molecule has 110 valence electrons. The average molecular weight is 318 g/mol. The summed E-state index contributed by atoms with van der Waals surface area (Å²) < 4.78 is 5.31. The molecule has 0 radical (unpaired) electrons. The Balaban J connectivity index is 1.89. The Morgan fingerprint density at radius 1 is 1.55 bits per heavy atom. The molecule has 0 saturated carbocycles. The van der Waals surface area contributed by atoms with Crippen molar-refractivity contribution in [2.24, 2.45) is 0 Å². The van der Waals surface area contributed by atoms with Crippen LogP contribution in [-0.2, 0) is 16.0 Å². The lowest BCUT2D eigenvalue weighted by atomic mass is 9.96. The minimum absolute atomic E-state index is 0.154. The number of amides is 1. The molecule has 2 unspecified atom stereocenters. The summed E-state index contributed by atoms with van der Waals surface area (Å²) in [7, 11) is 0. The Morgan fingerprint density at radius 3 is 2.90 bits per heavy atom. The summed E-state index contributed by atoms with van der Waals surface area (Å²) in [6.45, 7) is 2.49. The highest BCUT2D eigenvalue weighted by Gasteiger charge is 2.39. The highest BCUT2D eigenvalue weighted by molar-refractivity contribution is 6.35. The molecule has 2 atom stereocenters. The van der Waals surface area contributed by atoms with Gasteiger partial charge in [-0.25, -0.2) is 0 Å². The van der Waals surface area contributed by atoms with Gasteiger partial charge in [-0.05, 0) is 24.6 Å². The number of hydrogen-bond acceptors (Lipinski definition) is 3. The molecule has 0 aliphatic carbocycles. The molecule has 1 aliphatic rings. The molecule has 1 amide bonds. The van der Waals surface area contributed by atoms with E-state index in [0.29, 0.717) is 28.6 Å². The first-order valence-electron chi connectivity index (χ1n) is 6.45. The van der Waals surface area contributed by atoms with E-state index in [0.717, 1.165) is 0 Å². The van der Waals surface area contributed by atoms with Crippen molar-refractivity contribution in [3.63, 3.8) is 0 Å². The van der Waals surface area contributed by atoms with Gasteiger partial charge in [-0.3, -0.25) is 4.79 Å². The molecule has 1 aromatic carbocycles. The van der Waals surface area contributed by atoms with E-state index in [1.807, 2.05) is 0 Å². The molecular formula is C14H17Cl2NO3. The molecule has 1 heterocycles. The van der Waals surface area contributed by atoms with Crippen LogP contribution in [0.1, 0.15) is 18.9 Å². The molecule has 6 heteroatoms. The summed E-state index contributed by atoms with van der Waals surface area (Å²) in [4.78, 5) is 11.9. The Kier molecular flexibility index (Phi) is 4.91. The first-order chi connectivity index (χ1) is 9.40. The molecule has 1 aliphatic heterocycles. The molecule has 1 saturated heterocycles. The molecule has 20 heavy (non-hydrogen) atoms. The van der Waals surface area contributed by atoms with Gasteiger partial charge < -0.3 is 15.2 Å². The second kappa shape index (κ2) is 6.31. The van der Waals surface area contributed by atoms with E-state index in [-0.39, 0.29) is 25.0 Å². The molecular weight excluding hydrogens is 301 g/mol. The van der Waals surface area contributed by atoms with Crippen LogP contribution < -0.4 is 5.32 Å². The highest BCUT2D eigenvalue weighted by Crippen LogP contribution is 2.25. The maximum atomic E-state index is 11.9. The predicted octanol–water partition coefficient (Wildman–Crippen LogP) is 2.19. The fourth-order valence-corrected chi connectivity index (χ4v) is 2.63. The Bertz CT molecular complexity index is 509. The van der Waals surface area contributed by atoms with E-state index in [4.69, 9.17) is 27.9 Å². The second-order valence-corrected chi connectivity index (χ2v) is 5.90. The van der Waals surface area contributed by atoms with Crippen molar-refractivity contribution in [1.29, 1.82) is 0 Å². The van der Waals surface area contributed by atoms with Crippen molar-refractivity contribution in [2.45, 2.75) is 31.5 Å². The number of aliphatic hydroxyl groups is 1. The van der Waals surface area contributed by atoms with Gasteiger partial charge in [0.15, 0.2) is 0 Å². The molecule has 2 N–H and O–H groups in total. The van der Waals surface area contributed by atoms with Gasteiger partial charge in [0, 0.05) is 29.6 Å². The second-order valence-electron chi connectivity index (χ2n) is 5.06. The van der Waals surface area contributed by atoms with E-state index < -0.39 is 5.60 Å². The monoisotopic (exact) mass is 317 g/mol. The third-order valence-electron chi connectivity index (χ3n) is 3.62. The third-order valence-corrected chi connectivity index (χ3v) is 4.20. The maximum absolute atomic E-state index is 11.9. The standard InChI is InChI=1S/C14H17Cl2NO3/c1-9-14(19,4-5-20-9)8-17-13(18)6-10-2-3-11(15)7-12(10)16/h2-3,7,9,19H,4-6,8H2,1H3,(H,17,18). The van der Waals surface area contributed by atoms with Gasteiger partial charge >= 0.3 is 0 Å². The van der Waals surface area contributed by atoms with Crippen molar-refractivity contribution in [3.05, 3.63) is 33.8 Å². The lowest BCUT2D eigenvalue weighted by Crippen LogP contribution is -2.47. The van der Waals surface area contributed by atoms with Gasteiger partial charge in [0.1, 0.15) is 5.60 Å². The number of nitrogens with one attached hydrogen (secondary N) is 1. The van der Waals surface area contributed by atoms with Crippen LogP contribution in [0.25, 0.3) is 0 Å². The quantitative estimate of drug-likeness (QED) is 0.895. The molecule has 0 spiro atoms. The van der Waals surface area contributed by atoms with Gasteiger partial charge in [-0.1, -0.05) is 29.3 Å². The number of hydrogen-bond donors (Lipinski definition) is 2. The Hall–Kier alpha value is -0.810. The summed E-state index contributed by atoms with van der Waals surface area (Å²) in [5, 5.41) is 14.0. The van der Waals surface area contributed by atoms with Crippen LogP contribution in [0.15, 0.2) is 18.2 Å². The third kappa shape index (κ3) is 3.64. The minimum atomic E-state index is -0.987. The van der Waals surface area contributed by atoms with Crippen LogP contribution in [0.3, 0.4) is 0 Å². The number of carbonyl (C=O) groups excluding carboxylic acids is 1. The smallest absolute Gasteiger partial charge is 0.224 e. The van der Waals surface area contributed by atoms with Crippen LogP contribution in [-0.4, -0.2) is 35.9 Å². The molecule has 0 bridgehead atoms. The fraction of sp³-hybridized carbons (Fsp3) is 0.500. The minimum Gasteiger partial charge on any atom is -0.385 e. The van der Waals surface area contributed by atoms with Crippen molar-refractivity contribution in [3.8, 4) is 0 Å². The number of rotatable bonds is 4. The van der Waals surface area contributed by atoms with Crippen molar-refractivity contribution in [1.82, 2.24) is 5.32 Å². The molecule has 4 nitrogen and oxygen atoms in total. The van der Waals surface area contributed by atoms with Crippen LogP contribution in [0.5, 0.6) is 0 Å². The zero-order valence-corrected chi connectivity index (χ0v) is 12.7. The summed E-state index contributed by atoms with van der Waals surface area (Å²) in [5.41, 5.74) is -0.282. The highest BCUT2D eigenvalue weighted by atomic mass is 35.5. The molecule has 2 rings (SSSR count). The summed E-state index contributed by atoms with van der Waals surface area (Å²) in [6.07, 6.45) is 0.402. The average Bonchev–Trinajstić information content (AvgIpc) is 2.71. The van der Waals surface area contributed by atoms with E-state index in [1.165, 1.54) is 0 Å².